The predicted octanol–water partition coefficient (Wildman–Crippen LogP) is 4.70. The third kappa shape index (κ3) is 2.95. The predicted molar refractivity (Wildman–Crippen MR) is 75.3 cm³/mol. The molecule has 0 aromatic heterocycles. The number of hydrogen-bond acceptors (Lipinski definition) is 0. The molecule has 88 valence electrons. The van der Waals surface area contributed by atoms with Crippen molar-refractivity contribution >= 4 is 15.8 Å². The summed E-state index contributed by atoms with van der Waals surface area (Å²) in [6, 6.07) is 0. The first kappa shape index (κ1) is 12.3. The molecule has 0 radical (unpaired) electrons. The second kappa shape index (κ2) is 5.46. The average Bonchev–Trinajstić information content (AvgIpc) is 2.73. The Hall–Kier alpha value is 0.860. The third-order valence-electron chi connectivity index (χ3n) is 4.47. The van der Waals surface area contributed by atoms with Gasteiger partial charge in [-0.3, -0.25) is 0 Å². The molecule has 0 aromatic rings. The maximum absolute atomic E-state index is 2.51. The maximum atomic E-state index is 2.51. The SMILES string of the molecule is CC1CC[C@@H](C)P1CCP1CCC[C@H]1C. The fraction of sp³-hybridized carbons (Fsp3) is 1.00. The summed E-state index contributed by atoms with van der Waals surface area (Å²) in [4.78, 5) is 0. The quantitative estimate of drug-likeness (QED) is 0.631. The van der Waals surface area contributed by atoms with Crippen LogP contribution in [0.2, 0.25) is 0 Å². The molecule has 5 atom stereocenters. The molecule has 0 bridgehead atoms. The Labute approximate surface area is 98.1 Å². The van der Waals surface area contributed by atoms with E-state index in [9.17, 15) is 0 Å². The van der Waals surface area contributed by atoms with Crippen LogP contribution in [0.1, 0.15) is 46.5 Å². The van der Waals surface area contributed by atoms with Gasteiger partial charge in [-0.1, -0.05) is 20.8 Å². The molecule has 2 rings (SSSR count). The van der Waals surface area contributed by atoms with Crippen molar-refractivity contribution in [2.75, 3.05) is 18.5 Å². The van der Waals surface area contributed by atoms with Crippen molar-refractivity contribution in [1.29, 1.82) is 0 Å². The first-order valence-electron chi connectivity index (χ1n) is 6.68. The lowest BCUT2D eigenvalue weighted by Crippen LogP contribution is -2.05. The Bertz CT molecular complexity index is 195. The molecular weight excluding hydrogens is 218 g/mol. The highest BCUT2D eigenvalue weighted by atomic mass is 31.1. The molecular formula is C13H26P2. The monoisotopic (exact) mass is 244 g/mol. The summed E-state index contributed by atoms with van der Waals surface area (Å²) in [6.45, 7) is 7.54. The average molecular weight is 244 g/mol. The highest BCUT2D eigenvalue weighted by Gasteiger charge is 2.31. The van der Waals surface area contributed by atoms with Gasteiger partial charge >= 0.3 is 0 Å². The zero-order chi connectivity index (χ0) is 10.8. The van der Waals surface area contributed by atoms with E-state index in [0.717, 1.165) is 17.0 Å². The van der Waals surface area contributed by atoms with Gasteiger partial charge in [0.2, 0.25) is 0 Å². The van der Waals surface area contributed by atoms with Gasteiger partial charge in [0.1, 0.15) is 0 Å². The summed E-state index contributed by atoms with van der Waals surface area (Å²) in [5.41, 5.74) is 3.27. The summed E-state index contributed by atoms with van der Waals surface area (Å²) in [5, 5.41) is 0. The van der Waals surface area contributed by atoms with E-state index in [0.29, 0.717) is 15.8 Å². The molecule has 15 heavy (non-hydrogen) atoms. The summed E-state index contributed by atoms with van der Waals surface area (Å²) in [6.07, 6.45) is 11.0. The molecule has 0 N–H and O–H groups in total. The zero-order valence-corrected chi connectivity index (χ0v) is 12.4. The Kier molecular flexibility index (Phi) is 4.49. The van der Waals surface area contributed by atoms with Crippen LogP contribution in [0, 0.1) is 0 Å². The standard InChI is InChI=1S/C13H26P2/c1-11-5-4-8-14(11)9-10-15-12(2)6-7-13(15)3/h11-13H,4-10H2,1-3H3/t11-,12-,13?,14?,15?/m1/s1. The van der Waals surface area contributed by atoms with Crippen LogP contribution in [0.15, 0.2) is 0 Å². The topological polar surface area (TPSA) is 0 Å². The molecule has 0 amide bonds. The molecule has 0 spiro atoms. The summed E-state index contributed by atoms with van der Waals surface area (Å²) >= 11 is 0. The van der Waals surface area contributed by atoms with Crippen molar-refractivity contribution in [1.82, 2.24) is 0 Å². The number of rotatable bonds is 3. The molecule has 2 saturated heterocycles. The highest BCUT2D eigenvalue weighted by Crippen LogP contribution is 2.58. The van der Waals surface area contributed by atoms with Gasteiger partial charge in [-0.05, 0) is 61.1 Å². The van der Waals surface area contributed by atoms with E-state index < -0.39 is 0 Å². The molecule has 2 aliphatic heterocycles. The number of hydrogen-bond donors (Lipinski definition) is 0. The van der Waals surface area contributed by atoms with Gasteiger partial charge in [-0.15, -0.1) is 15.8 Å². The highest BCUT2D eigenvalue weighted by molar-refractivity contribution is 7.63. The van der Waals surface area contributed by atoms with Gasteiger partial charge in [0.15, 0.2) is 0 Å². The fourth-order valence-electron chi connectivity index (χ4n) is 3.26. The molecule has 3 unspecified atom stereocenters. The minimum Gasteiger partial charge on any atom is -0.103 e. The van der Waals surface area contributed by atoms with Crippen molar-refractivity contribution in [2.24, 2.45) is 0 Å². The Morgan fingerprint density at radius 3 is 2.07 bits per heavy atom. The van der Waals surface area contributed by atoms with Gasteiger partial charge in [0, 0.05) is 0 Å². The lowest BCUT2D eigenvalue weighted by molar-refractivity contribution is 0.777. The first-order chi connectivity index (χ1) is 7.18. The van der Waals surface area contributed by atoms with E-state index in [1.165, 1.54) is 25.7 Å². The van der Waals surface area contributed by atoms with E-state index in [1.54, 1.807) is 18.5 Å². The summed E-state index contributed by atoms with van der Waals surface area (Å²) < 4.78 is 0. The van der Waals surface area contributed by atoms with Crippen molar-refractivity contribution in [3.63, 3.8) is 0 Å². The van der Waals surface area contributed by atoms with E-state index in [1.807, 2.05) is 0 Å². The van der Waals surface area contributed by atoms with Crippen LogP contribution in [0.3, 0.4) is 0 Å². The Balaban J connectivity index is 1.77. The summed E-state index contributed by atoms with van der Waals surface area (Å²) in [7, 11) is 0.869. The lowest BCUT2D eigenvalue weighted by Gasteiger charge is -2.24. The minimum atomic E-state index is 0.413. The van der Waals surface area contributed by atoms with Crippen LogP contribution >= 0.6 is 15.8 Å². The molecule has 2 aliphatic rings. The molecule has 2 heteroatoms. The largest absolute Gasteiger partial charge is 0.103 e. The van der Waals surface area contributed by atoms with E-state index >= 15 is 0 Å². The van der Waals surface area contributed by atoms with Gasteiger partial charge in [-0.25, -0.2) is 0 Å². The maximum Gasteiger partial charge on any atom is -0.0235 e. The van der Waals surface area contributed by atoms with Crippen LogP contribution in [0.4, 0.5) is 0 Å². The van der Waals surface area contributed by atoms with Gasteiger partial charge in [-0.2, -0.15) is 0 Å². The Morgan fingerprint density at radius 2 is 1.53 bits per heavy atom. The summed E-state index contributed by atoms with van der Waals surface area (Å²) in [5.74, 6) is 0. The first-order valence-corrected chi connectivity index (χ1v) is 10.1. The van der Waals surface area contributed by atoms with Gasteiger partial charge in [0.05, 0.1) is 0 Å². The lowest BCUT2D eigenvalue weighted by atomic mass is 10.2. The van der Waals surface area contributed by atoms with Crippen LogP contribution in [0.25, 0.3) is 0 Å². The van der Waals surface area contributed by atoms with Crippen molar-refractivity contribution in [3.8, 4) is 0 Å². The third-order valence-corrected chi connectivity index (χ3v) is 11.5. The Morgan fingerprint density at radius 1 is 0.867 bits per heavy atom. The van der Waals surface area contributed by atoms with E-state index in [-0.39, 0.29) is 0 Å². The fourth-order valence-corrected chi connectivity index (χ4v) is 10.2. The minimum absolute atomic E-state index is 0.413. The van der Waals surface area contributed by atoms with Crippen LogP contribution in [-0.4, -0.2) is 35.5 Å². The second-order valence-corrected chi connectivity index (χ2v) is 11.7. The van der Waals surface area contributed by atoms with Crippen LogP contribution in [0.5, 0.6) is 0 Å². The molecule has 0 aromatic carbocycles. The molecule has 0 saturated carbocycles. The van der Waals surface area contributed by atoms with E-state index in [4.69, 9.17) is 0 Å². The molecule has 2 heterocycles. The van der Waals surface area contributed by atoms with Crippen molar-refractivity contribution in [3.05, 3.63) is 0 Å². The van der Waals surface area contributed by atoms with Crippen molar-refractivity contribution in [2.45, 2.75) is 63.4 Å². The second-order valence-electron chi connectivity index (χ2n) is 5.54. The smallest absolute Gasteiger partial charge is 0.0235 e. The van der Waals surface area contributed by atoms with Gasteiger partial charge < -0.3 is 0 Å². The molecule has 0 nitrogen and oxygen atoms in total. The molecule has 2 fully saturated rings. The molecule has 0 aliphatic carbocycles. The zero-order valence-electron chi connectivity index (χ0n) is 10.6. The van der Waals surface area contributed by atoms with Crippen LogP contribution < -0.4 is 0 Å². The normalized spacial score (nSPS) is 46.2. The van der Waals surface area contributed by atoms with Crippen LogP contribution in [-0.2, 0) is 0 Å². The van der Waals surface area contributed by atoms with Crippen molar-refractivity contribution < 1.29 is 0 Å². The van der Waals surface area contributed by atoms with E-state index in [2.05, 4.69) is 20.8 Å². The van der Waals surface area contributed by atoms with Gasteiger partial charge in [0.25, 0.3) is 0 Å².